The highest BCUT2D eigenvalue weighted by Crippen LogP contribution is 2.28. The number of benzene rings is 1. The number of nitrogens with zero attached hydrogens (tertiary/aromatic N) is 1. The van der Waals surface area contributed by atoms with Crippen LogP contribution >= 0.6 is 11.3 Å². The Balaban J connectivity index is 2.23. The maximum absolute atomic E-state index is 10.6. The summed E-state index contributed by atoms with van der Waals surface area (Å²) in [5.41, 5.74) is 4.19. The highest BCUT2D eigenvalue weighted by molar-refractivity contribution is 7.13. The Morgan fingerprint density at radius 1 is 1.43 bits per heavy atom. The molecule has 21 heavy (non-hydrogen) atoms. The molecule has 0 bridgehead atoms. The lowest BCUT2D eigenvalue weighted by atomic mass is 10.0. The molecule has 0 fully saturated rings. The monoisotopic (exact) mass is 302 g/mol. The number of rotatable bonds is 3. The molecule has 1 heterocycles. The first-order valence-electron chi connectivity index (χ1n) is 6.25. The summed E-state index contributed by atoms with van der Waals surface area (Å²) in [6.45, 7) is 1.59. The zero-order valence-electron chi connectivity index (χ0n) is 11.3. The highest BCUT2D eigenvalue weighted by Gasteiger charge is 2.10. The Kier molecular flexibility index (Phi) is 4.93. The van der Waals surface area contributed by atoms with Crippen molar-refractivity contribution in [2.75, 3.05) is 6.61 Å². The van der Waals surface area contributed by atoms with Gasteiger partial charge >= 0.3 is 6.09 Å². The van der Waals surface area contributed by atoms with Crippen LogP contribution in [0.15, 0.2) is 29.8 Å². The molecule has 5 nitrogen and oxygen atoms in total. The van der Waals surface area contributed by atoms with Gasteiger partial charge < -0.3 is 15.5 Å². The second-order valence-corrected chi connectivity index (χ2v) is 5.14. The average Bonchev–Trinajstić information content (AvgIpc) is 2.93. The molecule has 3 N–H and O–H groups in total. The molecule has 0 spiro atoms. The molecule has 0 aliphatic rings. The molecular weight excluding hydrogens is 288 g/mol. The van der Waals surface area contributed by atoms with E-state index >= 15 is 0 Å². The summed E-state index contributed by atoms with van der Waals surface area (Å²) in [7, 11) is 0. The molecule has 0 saturated heterocycles. The Labute approximate surface area is 126 Å². The molecule has 0 unspecified atom stereocenters. The number of aromatic nitrogens is 1. The third kappa shape index (κ3) is 3.81. The highest BCUT2D eigenvalue weighted by atomic mass is 32.1. The summed E-state index contributed by atoms with van der Waals surface area (Å²) >= 11 is 1.47. The zero-order chi connectivity index (χ0) is 15.2. The van der Waals surface area contributed by atoms with Gasteiger partial charge in [0.1, 0.15) is 12.3 Å². The molecule has 1 amide bonds. The van der Waals surface area contributed by atoms with E-state index in [-0.39, 0.29) is 12.6 Å². The number of nitrogens with one attached hydrogen (secondary N) is 1. The number of carbonyl (C=O) groups is 1. The Morgan fingerprint density at radius 3 is 2.76 bits per heavy atom. The molecule has 0 aliphatic heterocycles. The quantitative estimate of drug-likeness (QED) is 0.761. The molecule has 108 valence electrons. The van der Waals surface area contributed by atoms with E-state index in [4.69, 9.17) is 10.2 Å². The molecule has 2 rings (SSSR count). The van der Waals surface area contributed by atoms with E-state index < -0.39 is 6.09 Å². The third-order valence-corrected chi connectivity index (χ3v) is 3.74. The fourth-order valence-electron chi connectivity index (χ4n) is 1.85. The second kappa shape index (κ2) is 6.88. The standard InChI is InChI=1S/C15H14N2O3S/c1-10(17-15(19)20)11-4-6-12(7-5-11)14-13(3-2-8-18)16-9-21-14/h4-7,9-10,17-18H,8H2,1H3,(H,19,20)/t10-/m0/s1. The minimum absolute atomic E-state index is 0.200. The lowest BCUT2D eigenvalue weighted by Crippen LogP contribution is -2.24. The zero-order valence-corrected chi connectivity index (χ0v) is 12.1. The van der Waals surface area contributed by atoms with Gasteiger partial charge in [-0.25, -0.2) is 9.78 Å². The average molecular weight is 302 g/mol. The maximum Gasteiger partial charge on any atom is 0.405 e. The van der Waals surface area contributed by atoms with Gasteiger partial charge in [0.05, 0.1) is 16.4 Å². The minimum atomic E-state index is -1.05. The van der Waals surface area contributed by atoms with Gasteiger partial charge in [-0.15, -0.1) is 11.3 Å². The summed E-state index contributed by atoms with van der Waals surface area (Å²) in [6, 6.07) is 7.30. The first-order valence-corrected chi connectivity index (χ1v) is 7.12. The van der Waals surface area contributed by atoms with Gasteiger partial charge in [0.15, 0.2) is 0 Å². The summed E-state index contributed by atoms with van der Waals surface area (Å²) in [5.74, 6) is 5.40. The minimum Gasteiger partial charge on any atom is -0.465 e. The topological polar surface area (TPSA) is 82.5 Å². The molecule has 1 atom stereocenters. The lowest BCUT2D eigenvalue weighted by Gasteiger charge is -2.12. The van der Waals surface area contributed by atoms with Crippen LogP contribution in [-0.2, 0) is 0 Å². The molecule has 0 radical (unpaired) electrons. The lowest BCUT2D eigenvalue weighted by molar-refractivity contribution is 0.191. The summed E-state index contributed by atoms with van der Waals surface area (Å²) in [4.78, 5) is 15.7. The SMILES string of the molecule is C[C@H](NC(=O)O)c1ccc(-c2scnc2C#CCO)cc1. The van der Waals surface area contributed by atoms with Crippen molar-refractivity contribution in [3.8, 4) is 22.3 Å². The number of hydrogen-bond acceptors (Lipinski definition) is 4. The van der Waals surface area contributed by atoms with Crippen LogP contribution in [0.5, 0.6) is 0 Å². The van der Waals surface area contributed by atoms with Gasteiger partial charge in [-0.3, -0.25) is 0 Å². The van der Waals surface area contributed by atoms with Crippen molar-refractivity contribution >= 4 is 17.4 Å². The van der Waals surface area contributed by atoms with Gasteiger partial charge in [-0.05, 0) is 24.0 Å². The summed E-state index contributed by atoms with van der Waals surface area (Å²) in [5, 5.41) is 19.9. The first kappa shape index (κ1) is 15.0. The van der Waals surface area contributed by atoms with Gasteiger partial charge in [0.2, 0.25) is 0 Å². The van der Waals surface area contributed by atoms with Crippen LogP contribution in [0.1, 0.15) is 24.2 Å². The largest absolute Gasteiger partial charge is 0.465 e. The van der Waals surface area contributed by atoms with Crippen molar-refractivity contribution in [1.29, 1.82) is 0 Å². The maximum atomic E-state index is 10.6. The molecular formula is C15H14N2O3S. The van der Waals surface area contributed by atoms with E-state index in [0.29, 0.717) is 5.69 Å². The van der Waals surface area contributed by atoms with Gasteiger partial charge in [0.25, 0.3) is 0 Å². The Morgan fingerprint density at radius 2 is 2.14 bits per heavy atom. The number of aliphatic hydroxyl groups is 1. The normalized spacial score (nSPS) is 11.3. The molecule has 2 aromatic rings. The van der Waals surface area contributed by atoms with Crippen molar-refractivity contribution in [3.63, 3.8) is 0 Å². The van der Waals surface area contributed by atoms with Gasteiger partial charge in [-0.2, -0.15) is 0 Å². The molecule has 0 saturated carbocycles. The number of amides is 1. The number of thiazole rings is 1. The smallest absolute Gasteiger partial charge is 0.405 e. The Bertz CT molecular complexity index is 683. The predicted molar refractivity (Wildman–Crippen MR) is 81.1 cm³/mol. The van der Waals surface area contributed by atoms with Gasteiger partial charge in [-0.1, -0.05) is 30.2 Å². The molecule has 6 heteroatoms. The number of carboxylic acid groups (broad SMARTS) is 1. The fourth-order valence-corrected chi connectivity index (χ4v) is 2.61. The van der Waals surface area contributed by atoms with E-state index in [1.54, 1.807) is 12.4 Å². The van der Waals surface area contributed by atoms with E-state index in [1.165, 1.54) is 11.3 Å². The summed E-state index contributed by atoms with van der Waals surface area (Å²) < 4.78 is 0. The Hall–Kier alpha value is -2.36. The molecule has 0 aliphatic carbocycles. The number of aliphatic hydroxyl groups excluding tert-OH is 1. The van der Waals surface area contributed by atoms with Crippen molar-refractivity contribution in [3.05, 3.63) is 41.0 Å². The second-order valence-electron chi connectivity index (χ2n) is 4.28. The first-order chi connectivity index (χ1) is 10.1. The van der Waals surface area contributed by atoms with E-state index in [2.05, 4.69) is 22.1 Å². The van der Waals surface area contributed by atoms with E-state index in [1.807, 2.05) is 24.3 Å². The van der Waals surface area contributed by atoms with Crippen molar-refractivity contribution in [2.45, 2.75) is 13.0 Å². The molecule has 1 aromatic heterocycles. The number of hydrogen-bond donors (Lipinski definition) is 3. The van der Waals surface area contributed by atoms with Crippen LogP contribution in [0.4, 0.5) is 4.79 Å². The van der Waals surface area contributed by atoms with Crippen LogP contribution in [0.25, 0.3) is 10.4 Å². The predicted octanol–water partition coefficient (Wildman–Crippen LogP) is 2.48. The van der Waals surface area contributed by atoms with E-state index in [0.717, 1.165) is 16.0 Å². The van der Waals surface area contributed by atoms with Crippen LogP contribution < -0.4 is 5.32 Å². The van der Waals surface area contributed by atoms with Gasteiger partial charge in [0, 0.05) is 0 Å². The fraction of sp³-hybridized carbons (Fsp3) is 0.200. The van der Waals surface area contributed by atoms with Crippen molar-refractivity contribution < 1.29 is 15.0 Å². The van der Waals surface area contributed by atoms with Crippen LogP contribution in [0.3, 0.4) is 0 Å². The van der Waals surface area contributed by atoms with Crippen molar-refractivity contribution in [1.82, 2.24) is 10.3 Å². The molecule has 1 aromatic carbocycles. The van der Waals surface area contributed by atoms with Crippen LogP contribution in [-0.4, -0.2) is 27.9 Å². The summed E-state index contributed by atoms with van der Waals surface area (Å²) in [6.07, 6.45) is -1.05. The van der Waals surface area contributed by atoms with E-state index in [9.17, 15) is 4.79 Å². The van der Waals surface area contributed by atoms with Crippen LogP contribution in [0.2, 0.25) is 0 Å². The van der Waals surface area contributed by atoms with Crippen LogP contribution in [0, 0.1) is 11.8 Å². The van der Waals surface area contributed by atoms with Crippen molar-refractivity contribution in [2.24, 2.45) is 0 Å². The third-order valence-electron chi connectivity index (χ3n) is 2.87.